The van der Waals surface area contributed by atoms with Crippen LogP contribution in [0.5, 0.6) is 5.75 Å². The molecule has 0 radical (unpaired) electrons. The number of carbonyl (C=O) groups is 2. The first-order chi connectivity index (χ1) is 24.5. The first-order valence-corrected chi connectivity index (χ1v) is 15.3. The molecule has 0 atom stereocenters. The summed E-state index contributed by atoms with van der Waals surface area (Å²) in [6.45, 7) is -0.533. The lowest BCUT2D eigenvalue weighted by Gasteiger charge is -2.54. The number of likely N-dealkylation sites (N-methyl/N-ethyl adjacent to an activating group) is 1. The Bertz CT molecular complexity index is 2050. The van der Waals surface area contributed by atoms with Crippen molar-refractivity contribution in [1.29, 1.82) is 0 Å². The highest BCUT2D eigenvalue weighted by molar-refractivity contribution is 6.24. The van der Waals surface area contributed by atoms with E-state index in [1.165, 1.54) is 35.5 Å². The Hall–Kier alpha value is -5.66. The van der Waals surface area contributed by atoms with Crippen LogP contribution in [0.15, 0.2) is 66.7 Å². The molecule has 4 aromatic rings. The largest absolute Gasteiger partial charge is 0.509 e. The Labute approximate surface area is 288 Å². The van der Waals surface area contributed by atoms with Gasteiger partial charge in [-0.15, -0.1) is 0 Å². The molecule has 2 amide bonds. The number of hydrazine groups is 1. The van der Waals surface area contributed by atoms with Gasteiger partial charge >= 0.3 is 12.4 Å². The number of nitrogens with one attached hydrogen (secondary N) is 1. The normalized spacial score (nSPS) is 16.3. The number of ether oxygens (including phenoxy) is 1. The number of hydrogen-bond acceptors (Lipinski definition) is 9. The van der Waals surface area contributed by atoms with Gasteiger partial charge in [0.25, 0.3) is 11.8 Å². The number of anilines is 1. The van der Waals surface area contributed by atoms with Crippen LogP contribution in [0.4, 0.5) is 40.8 Å². The number of aromatic nitrogens is 5. The Morgan fingerprint density at radius 1 is 1.00 bits per heavy atom. The second-order valence-electron chi connectivity index (χ2n) is 11.9. The summed E-state index contributed by atoms with van der Waals surface area (Å²) in [4.78, 5) is 38.2. The van der Waals surface area contributed by atoms with Gasteiger partial charge in [-0.3, -0.25) is 14.6 Å². The second-order valence-corrected chi connectivity index (χ2v) is 11.9. The van der Waals surface area contributed by atoms with Gasteiger partial charge in [0.2, 0.25) is 5.82 Å². The molecule has 1 saturated carbocycles. The summed E-state index contributed by atoms with van der Waals surface area (Å²) in [5.41, 5.74) is -7.02. The van der Waals surface area contributed by atoms with Crippen LogP contribution < -0.4 is 10.1 Å². The van der Waals surface area contributed by atoms with Gasteiger partial charge in [0.15, 0.2) is 11.6 Å². The van der Waals surface area contributed by atoms with Gasteiger partial charge < -0.3 is 15.2 Å². The first-order valence-electron chi connectivity index (χ1n) is 15.3. The molecular formula is C32H26F8N8O4. The van der Waals surface area contributed by atoms with Crippen molar-refractivity contribution in [2.45, 2.75) is 50.2 Å². The van der Waals surface area contributed by atoms with E-state index in [1.807, 2.05) is 0 Å². The van der Waals surface area contributed by atoms with Crippen LogP contribution in [0.25, 0.3) is 11.3 Å². The molecule has 52 heavy (non-hydrogen) atoms. The van der Waals surface area contributed by atoms with E-state index < -0.39 is 93.2 Å². The monoisotopic (exact) mass is 738 g/mol. The third kappa shape index (κ3) is 6.72. The molecule has 20 heteroatoms. The quantitative estimate of drug-likeness (QED) is 0.164. The zero-order chi connectivity index (χ0) is 37.6. The van der Waals surface area contributed by atoms with E-state index in [4.69, 9.17) is 4.74 Å². The van der Waals surface area contributed by atoms with Crippen LogP contribution in [0.1, 0.15) is 36.1 Å². The van der Waals surface area contributed by atoms with Crippen molar-refractivity contribution in [1.82, 2.24) is 34.8 Å². The third-order valence-corrected chi connectivity index (χ3v) is 8.84. The number of aliphatic hydroxyl groups is 1. The standard InChI is InChI=1S/C32H26F8N8O4/c1-46-30(7-2-8-30)27(49)24(29(51)48(46)13-17-3-6-22(26(34)25(17)33)52-10-9-47-16-41-14-44-47)28(50)45-20-5-4-18(31(35,36)37)11-19(20)21-12-23(32(38,39)40)43-15-42-21/h3-6,11-12,14-16,49H,2,7-10,13H2,1H3,(H,45,50). The van der Waals surface area contributed by atoms with E-state index in [0.717, 1.165) is 17.1 Å². The lowest BCUT2D eigenvalue weighted by Crippen LogP contribution is -2.65. The van der Waals surface area contributed by atoms with E-state index in [0.29, 0.717) is 30.9 Å². The number of hydrogen-bond donors (Lipinski definition) is 2. The Morgan fingerprint density at radius 3 is 2.38 bits per heavy atom. The summed E-state index contributed by atoms with van der Waals surface area (Å²) in [5.74, 6) is -6.34. The van der Waals surface area contributed by atoms with Gasteiger partial charge in [-0.1, -0.05) is 6.07 Å². The van der Waals surface area contributed by atoms with Crippen LogP contribution >= 0.6 is 0 Å². The molecule has 274 valence electrons. The fraction of sp³-hybridized carbons (Fsp3) is 0.312. The van der Waals surface area contributed by atoms with E-state index in [9.17, 15) is 41.0 Å². The molecule has 2 N–H and O–H groups in total. The van der Waals surface area contributed by atoms with Crippen LogP contribution in [-0.2, 0) is 35.0 Å². The predicted octanol–water partition coefficient (Wildman–Crippen LogP) is 5.69. The van der Waals surface area contributed by atoms with Gasteiger partial charge in [-0.25, -0.2) is 29.0 Å². The number of alkyl halides is 6. The number of nitrogens with zero attached hydrogens (tertiary/aromatic N) is 7. The van der Waals surface area contributed by atoms with E-state index in [-0.39, 0.29) is 31.6 Å². The lowest BCUT2D eigenvalue weighted by atomic mass is 9.72. The SMILES string of the molecule is CN1N(Cc2ccc(OCCn3cncn3)c(F)c2F)C(=O)C(C(=O)Nc2ccc(C(F)(F)F)cc2-c2cc(C(F)(F)F)ncn2)=C(O)C12CCC2. The maximum absolute atomic E-state index is 15.4. The van der Waals surface area contributed by atoms with E-state index >= 15 is 8.78 Å². The number of rotatable bonds is 9. The maximum atomic E-state index is 15.4. The second kappa shape index (κ2) is 13.5. The average Bonchev–Trinajstić information content (AvgIpc) is 3.58. The van der Waals surface area contributed by atoms with Crippen molar-refractivity contribution in [3.05, 3.63) is 95.2 Å². The maximum Gasteiger partial charge on any atom is 0.433 e. The van der Waals surface area contributed by atoms with Crippen LogP contribution in [-0.4, -0.2) is 70.9 Å². The van der Waals surface area contributed by atoms with Crippen molar-refractivity contribution >= 4 is 17.5 Å². The Morgan fingerprint density at radius 2 is 1.75 bits per heavy atom. The van der Waals surface area contributed by atoms with Crippen molar-refractivity contribution < 1.29 is 54.6 Å². The molecule has 2 aromatic carbocycles. The van der Waals surface area contributed by atoms with Gasteiger partial charge in [0.05, 0.1) is 35.6 Å². The van der Waals surface area contributed by atoms with Crippen molar-refractivity contribution in [2.75, 3.05) is 19.0 Å². The summed E-state index contributed by atoms with van der Waals surface area (Å²) in [6.07, 6.45) is -5.79. The summed E-state index contributed by atoms with van der Waals surface area (Å²) < 4.78 is 118. The van der Waals surface area contributed by atoms with Crippen molar-refractivity contribution in [3.63, 3.8) is 0 Å². The molecule has 1 spiro atoms. The smallest absolute Gasteiger partial charge is 0.433 e. The molecule has 1 fully saturated rings. The van der Waals surface area contributed by atoms with E-state index in [2.05, 4.69) is 25.4 Å². The minimum atomic E-state index is -4.99. The summed E-state index contributed by atoms with van der Waals surface area (Å²) in [7, 11) is 1.40. The fourth-order valence-corrected chi connectivity index (χ4v) is 5.89. The van der Waals surface area contributed by atoms with Gasteiger partial charge in [-0.05, 0) is 49.6 Å². The van der Waals surface area contributed by atoms with Gasteiger partial charge in [0.1, 0.15) is 42.6 Å². The summed E-state index contributed by atoms with van der Waals surface area (Å²) in [5, 5.41) is 19.6. The molecular weight excluding hydrogens is 712 g/mol. The lowest BCUT2D eigenvalue weighted by molar-refractivity contribution is -0.172. The van der Waals surface area contributed by atoms with Crippen LogP contribution in [0.2, 0.25) is 0 Å². The van der Waals surface area contributed by atoms with Crippen molar-refractivity contribution in [3.8, 4) is 17.0 Å². The molecule has 1 aliphatic carbocycles. The van der Waals surface area contributed by atoms with E-state index in [1.54, 1.807) is 0 Å². The predicted molar refractivity (Wildman–Crippen MR) is 163 cm³/mol. The molecule has 0 saturated heterocycles. The number of halogens is 8. The number of aliphatic hydroxyl groups excluding tert-OH is 1. The molecule has 6 rings (SSSR count). The van der Waals surface area contributed by atoms with Gasteiger partial charge in [0, 0.05) is 18.2 Å². The Balaban J connectivity index is 1.31. The molecule has 0 bridgehead atoms. The molecule has 2 aromatic heterocycles. The molecule has 1 aliphatic heterocycles. The summed E-state index contributed by atoms with van der Waals surface area (Å²) >= 11 is 0. The zero-order valence-electron chi connectivity index (χ0n) is 26.8. The highest BCUT2D eigenvalue weighted by Gasteiger charge is 2.55. The minimum Gasteiger partial charge on any atom is -0.509 e. The topological polar surface area (TPSA) is 139 Å². The molecule has 2 aliphatic rings. The van der Waals surface area contributed by atoms with Gasteiger partial charge in [-0.2, -0.15) is 35.8 Å². The minimum absolute atomic E-state index is 0.0845. The fourth-order valence-electron chi connectivity index (χ4n) is 5.89. The van der Waals surface area contributed by atoms with Crippen molar-refractivity contribution in [2.24, 2.45) is 0 Å². The van der Waals surface area contributed by atoms with Crippen LogP contribution in [0, 0.1) is 11.6 Å². The number of amides is 2. The summed E-state index contributed by atoms with van der Waals surface area (Å²) in [6, 6.07) is 4.46. The number of benzene rings is 2. The molecule has 3 heterocycles. The molecule has 0 unspecified atom stereocenters. The zero-order valence-corrected chi connectivity index (χ0v) is 26.8. The highest BCUT2D eigenvalue weighted by Crippen LogP contribution is 2.47. The third-order valence-electron chi connectivity index (χ3n) is 8.84. The molecule has 12 nitrogen and oxygen atoms in total. The average molecular weight is 739 g/mol. The Kier molecular flexibility index (Phi) is 9.36. The number of carbonyl (C=O) groups excluding carboxylic acids is 2. The first kappa shape index (κ1) is 36.1. The highest BCUT2D eigenvalue weighted by atomic mass is 19.4. The van der Waals surface area contributed by atoms with Crippen LogP contribution in [0.3, 0.4) is 0 Å².